The van der Waals surface area contributed by atoms with Crippen LogP contribution in [0.5, 0.6) is 0 Å². The van der Waals surface area contributed by atoms with E-state index in [9.17, 15) is 4.79 Å². The summed E-state index contributed by atoms with van der Waals surface area (Å²) in [6.07, 6.45) is 0.810. The van der Waals surface area contributed by atoms with E-state index in [1.807, 2.05) is 11.9 Å². The van der Waals surface area contributed by atoms with E-state index in [0.29, 0.717) is 42.3 Å². The fourth-order valence-corrected chi connectivity index (χ4v) is 1.73. The predicted molar refractivity (Wildman–Crippen MR) is 76.8 cm³/mol. The molecule has 0 heterocycles. The van der Waals surface area contributed by atoms with Gasteiger partial charge < -0.3 is 16.0 Å². The van der Waals surface area contributed by atoms with Crippen molar-refractivity contribution in [3.63, 3.8) is 0 Å². The third-order valence-electron chi connectivity index (χ3n) is 2.59. The van der Waals surface area contributed by atoms with Crippen molar-refractivity contribution in [2.45, 2.75) is 12.8 Å². The quantitative estimate of drug-likeness (QED) is 0.782. The number of nitriles is 1. The van der Waals surface area contributed by atoms with Gasteiger partial charge in [0.15, 0.2) is 0 Å². The summed E-state index contributed by atoms with van der Waals surface area (Å²) in [6, 6.07) is 7.02. The second kappa shape index (κ2) is 7.62. The topological polar surface area (TPSA) is 82.2 Å². The summed E-state index contributed by atoms with van der Waals surface area (Å²) in [7, 11) is 1.88. The average molecular weight is 281 g/mol. The summed E-state index contributed by atoms with van der Waals surface area (Å²) in [4.78, 5) is 13.7. The van der Waals surface area contributed by atoms with Gasteiger partial charge in [-0.15, -0.1) is 0 Å². The Hall–Kier alpha value is -1.77. The van der Waals surface area contributed by atoms with Gasteiger partial charge in [0.2, 0.25) is 5.91 Å². The minimum absolute atomic E-state index is 0.115. The minimum atomic E-state index is -0.115. The monoisotopic (exact) mass is 280 g/mol. The molecule has 0 spiro atoms. The van der Waals surface area contributed by atoms with Gasteiger partial charge in [0, 0.05) is 31.6 Å². The molecule has 0 saturated carbocycles. The number of benzene rings is 1. The number of hydrogen-bond acceptors (Lipinski definition) is 4. The Morgan fingerprint density at radius 2 is 2.26 bits per heavy atom. The summed E-state index contributed by atoms with van der Waals surface area (Å²) >= 11 is 5.96. The molecule has 0 aliphatic heterocycles. The van der Waals surface area contributed by atoms with Gasteiger partial charge in [-0.05, 0) is 25.2 Å². The number of carbonyl (C=O) groups excluding carboxylic acids is 1. The van der Waals surface area contributed by atoms with Gasteiger partial charge in [0.05, 0.1) is 16.8 Å². The summed E-state index contributed by atoms with van der Waals surface area (Å²) in [5.74, 6) is -0.115. The average Bonchev–Trinajstić information content (AvgIpc) is 2.37. The van der Waals surface area contributed by atoms with Crippen LogP contribution in [0.1, 0.15) is 12.8 Å². The van der Waals surface area contributed by atoms with E-state index in [1.54, 1.807) is 18.2 Å². The number of nitrogens with two attached hydrogens (primary N) is 1. The normalized spacial score (nSPS) is 10.2. The fourth-order valence-electron chi connectivity index (χ4n) is 1.49. The molecule has 1 amide bonds. The fraction of sp³-hybridized carbons (Fsp3) is 0.385. The molecule has 5 nitrogen and oxygen atoms in total. The molecule has 3 N–H and O–H groups in total. The largest absolute Gasteiger partial charge is 0.399 e. The van der Waals surface area contributed by atoms with Crippen molar-refractivity contribution in [3.05, 3.63) is 23.2 Å². The highest BCUT2D eigenvalue weighted by Crippen LogP contribution is 2.24. The molecule has 0 atom stereocenters. The molecule has 0 bridgehead atoms. The molecule has 0 saturated heterocycles. The second-order valence-electron chi connectivity index (χ2n) is 4.25. The van der Waals surface area contributed by atoms with E-state index in [1.165, 1.54) is 0 Å². The van der Waals surface area contributed by atoms with Gasteiger partial charge >= 0.3 is 0 Å². The molecular formula is C13H17ClN4O. The maximum absolute atomic E-state index is 11.7. The van der Waals surface area contributed by atoms with E-state index in [0.717, 1.165) is 0 Å². The third kappa shape index (κ3) is 5.60. The Labute approximate surface area is 117 Å². The first-order chi connectivity index (χ1) is 9.02. The van der Waals surface area contributed by atoms with E-state index >= 15 is 0 Å². The van der Waals surface area contributed by atoms with Crippen LogP contribution < -0.4 is 11.1 Å². The zero-order valence-corrected chi connectivity index (χ0v) is 11.6. The number of amides is 1. The van der Waals surface area contributed by atoms with E-state index in [2.05, 4.69) is 11.4 Å². The van der Waals surface area contributed by atoms with Crippen LogP contribution in [-0.4, -0.2) is 30.9 Å². The molecule has 0 aromatic heterocycles. The molecule has 6 heteroatoms. The zero-order valence-electron chi connectivity index (χ0n) is 10.8. The smallest absolute Gasteiger partial charge is 0.225 e. The first kappa shape index (κ1) is 15.3. The third-order valence-corrected chi connectivity index (χ3v) is 2.91. The van der Waals surface area contributed by atoms with Crippen molar-refractivity contribution in [1.29, 1.82) is 5.26 Å². The molecule has 1 rings (SSSR count). The van der Waals surface area contributed by atoms with Crippen LogP contribution in [0, 0.1) is 11.3 Å². The Kier molecular flexibility index (Phi) is 6.13. The van der Waals surface area contributed by atoms with Crippen LogP contribution in [0.2, 0.25) is 5.02 Å². The number of rotatable bonds is 6. The highest BCUT2D eigenvalue weighted by molar-refractivity contribution is 6.34. The molecule has 1 aromatic carbocycles. The predicted octanol–water partition coefficient (Wildman–Crippen LogP) is 2.10. The summed E-state index contributed by atoms with van der Waals surface area (Å²) < 4.78 is 0. The Bertz CT molecular complexity index is 484. The Morgan fingerprint density at radius 3 is 2.89 bits per heavy atom. The highest BCUT2D eigenvalue weighted by atomic mass is 35.5. The number of nitrogens with zero attached hydrogens (tertiary/aromatic N) is 2. The Morgan fingerprint density at radius 1 is 1.53 bits per heavy atom. The molecule has 0 aliphatic carbocycles. The Balaban J connectivity index is 2.41. The van der Waals surface area contributed by atoms with Crippen LogP contribution in [0.25, 0.3) is 0 Å². The lowest BCUT2D eigenvalue weighted by Gasteiger charge is -2.14. The zero-order chi connectivity index (χ0) is 14.3. The maximum Gasteiger partial charge on any atom is 0.225 e. The first-order valence-corrected chi connectivity index (χ1v) is 6.31. The van der Waals surface area contributed by atoms with Gasteiger partial charge in [-0.3, -0.25) is 4.79 Å². The second-order valence-corrected chi connectivity index (χ2v) is 4.66. The lowest BCUT2D eigenvalue weighted by atomic mass is 10.2. The van der Waals surface area contributed by atoms with Crippen LogP contribution >= 0.6 is 11.6 Å². The van der Waals surface area contributed by atoms with Crippen molar-refractivity contribution in [1.82, 2.24) is 4.90 Å². The van der Waals surface area contributed by atoms with Gasteiger partial charge in [-0.25, -0.2) is 0 Å². The molecule has 102 valence electrons. The van der Waals surface area contributed by atoms with Crippen LogP contribution in [-0.2, 0) is 4.79 Å². The van der Waals surface area contributed by atoms with Gasteiger partial charge in [-0.2, -0.15) is 5.26 Å². The van der Waals surface area contributed by atoms with E-state index in [4.69, 9.17) is 22.6 Å². The van der Waals surface area contributed by atoms with Crippen molar-refractivity contribution >= 4 is 28.9 Å². The maximum atomic E-state index is 11.7. The number of halogens is 1. The number of carbonyl (C=O) groups is 1. The van der Waals surface area contributed by atoms with E-state index in [-0.39, 0.29) is 5.91 Å². The number of nitrogens with one attached hydrogen (secondary N) is 1. The van der Waals surface area contributed by atoms with Gasteiger partial charge in [-0.1, -0.05) is 11.6 Å². The van der Waals surface area contributed by atoms with E-state index < -0.39 is 0 Å². The minimum Gasteiger partial charge on any atom is -0.399 e. The van der Waals surface area contributed by atoms with Gasteiger partial charge in [0.25, 0.3) is 0 Å². The van der Waals surface area contributed by atoms with Gasteiger partial charge in [0.1, 0.15) is 0 Å². The molecule has 0 radical (unpaired) electrons. The summed E-state index contributed by atoms with van der Waals surface area (Å²) in [6.45, 7) is 1.26. The van der Waals surface area contributed by atoms with Crippen molar-refractivity contribution in [2.24, 2.45) is 0 Å². The molecule has 0 aliphatic rings. The first-order valence-electron chi connectivity index (χ1n) is 5.93. The highest BCUT2D eigenvalue weighted by Gasteiger charge is 2.07. The van der Waals surface area contributed by atoms with Crippen LogP contribution in [0.15, 0.2) is 18.2 Å². The molecule has 0 fully saturated rings. The number of nitrogen functional groups attached to an aromatic ring is 1. The lowest BCUT2D eigenvalue weighted by Crippen LogP contribution is -2.25. The molecular weight excluding hydrogens is 264 g/mol. The molecule has 1 aromatic rings. The standard InChI is InChI=1S/C13H17ClN4O/c1-18(7-2-6-15)8-5-13(19)17-12-4-3-10(16)9-11(12)14/h3-4,9H,2,5,7-8,16H2,1H3,(H,17,19). The van der Waals surface area contributed by atoms with Crippen molar-refractivity contribution in [3.8, 4) is 6.07 Å². The SMILES string of the molecule is CN(CCC#N)CCC(=O)Nc1ccc(N)cc1Cl. The molecule has 19 heavy (non-hydrogen) atoms. The van der Waals surface area contributed by atoms with Crippen LogP contribution in [0.4, 0.5) is 11.4 Å². The lowest BCUT2D eigenvalue weighted by molar-refractivity contribution is -0.116. The van der Waals surface area contributed by atoms with Crippen molar-refractivity contribution in [2.75, 3.05) is 31.2 Å². The summed E-state index contributed by atoms with van der Waals surface area (Å²) in [5.41, 5.74) is 6.68. The summed E-state index contributed by atoms with van der Waals surface area (Å²) in [5, 5.41) is 11.6. The molecule has 0 unspecified atom stereocenters. The van der Waals surface area contributed by atoms with Crippen molar-refractivity contribution < 1.29 is 4.79 Å². The number of anilines is 2. The van der Waals surface area contributed by atoms with Crippen LogP contribution in [0.3, 0.4) is 0 Å². The number of hydrogen-bond donors (Lipinski definition) is 2.